The second-order valence-corrected chi connectivity index (χ2v) is 9.30. The molecule has 3 heterocycles. The van der Waals surface area contributed by atoms with Gasteiger partial charge in [0.1, 0.15) is 5.76 Å². The first-order valence-corrected chi connectivity index (χ1v) is 11.7. The van der Waals surface area contributed by atoms with Crippen LogP contribution in [0.5, 0.6) is 0 Å². The lowest BCUT2D eigenvalue weighted by Crippen LogP contribution is -2.19. The Bertz CT molecular complexity index is 1370. The van der Waals surface area contributed by atoms with E-state index in [1.807, 2.05) is 62.4 Å². The fourth-order valence-electron chi connectivity index (χ4n) is 3.27. The second kappa shape index (κ2) is 9.08. The molecule has 10 heteroatoms. The summed E-state index contributed by atoms with van der Waals surface area (Å²) in [5.74, 6) is 0.350. The smallest absolute Gasteiger partial charge is 0.264 e. The Labute approximate surface area is 198 Å². The van der Waals surface area contributed by atoms with Gasteiger partial charge in [-0.1, -0.05) is 24.3 Å². The van der Waals surface area contributed by atoms with Gasteiger partial charge in [0.2, 0.25) is 5.16 Å². The zero-order chi connectivity index (χ0) is 22.8. The summed E-state index contributed by atoms with van der Waals surface area (Å²) in [5, 5.41) is 16.4. The average molecular weight is 475 g/mol. The number of tetrazole rings is 1. The van der Waals surface area contributed by atoms with Gasteiger partial charge in [0.15, 0.2) is 10.3 Å². The lowest BCUT2D eigenvalue weighted by Gasteiger charge is -2.01. The number of carbonyl (C=O) groups excluding carboxylic acids is 1. The summed E-state index contributed by atoms with van der Waals surface area (Å²) in [5.41, 5.74) is 3.91. The van der Waals surface area contributed by atoms with Crippen molar-refractivity contribution in [3.8, 4) is 5.69 Å². The van der Waals surface area contributed by atoms with Crippen LogP contribution in [0.4, 0.5) is 5.69 Å². The zero-order valence-electron chi connectivity index (χ0n) is 17.7. The molecule has 2 aromatic heterocycles. The highest BCUT2D eigenvalue weighted by atomic mass is 32.2. The highest BCUT2D eigenvalue weighted by molar-refractivity contribution is 8.18. The van der Waals surface area contributed by atoms with Crippen LogP contribution in [-0.2, 0) is 4.79 Å². The van der Waals surface area contributed by atoms with E-state index in [2.05, 4.69) is 31.9 Å². The quantitative estimate of drug-likeness (QED) is 0.410. The minimum absolute atomic E-state index is 0.207. The van der Waals surface area contributed by atoms with Gasteiger partial charge in [-0.05, 0) is 95.3 Å². The number of rotatable bonds is 5. The molecule has 1 aliphatic rings. The molecule has 8 nitrogen and oxygen atoms in total. The number of para-hydroxylation sites is 1. The number of benzene rings is 2. The molecule has 2 aromatic carbocycles. The predicted octanol–water partition coefficient (Wildman–Crippen LogP) is 4.91. The van der Waals surface area contributed by atoms with Gasteiger partial charge in [0.25, 0.3) is 5.91 Å². The Morgan fingerprint density at radius 3 is 2.67 bits per heavy atom. The van der Waals surface area contributed by atoms with E-state index < -0.39 is 0 Å². The van der Waals surface area contributed by atoms with Crippen LogP contribution in [0.15, 0.2) is 85.2 Å². The van der Waals surface area contributed by atoms with E-state index >= 15 is 0 Å². The first-order valence-electron chi connectivity index (χ1n) is 10.0. The topological polar surface area (TPSA) is 98.2 Å². The number of aliphatic imine (C=N–C) groups is 1. The molecule has 1 amide bonds. The van der Waals surface area contributed by atoms with E-state index in [9.17, 15) is 4.79 Å². The molecule has 33 heavy (non-hydrogen) atoms. The number of amidine groups is 1. The van der Waals surface area contributed by atoms with Gasteiger partial charge in [-0.25, -0.2) is 4.99 Å². The highest BCUT2D eigenvalue weighted by Gasteiger charge is 2.24. The van der Waals surface area contributed by atoms with Gasteiger partial charge in [0, 0.05) is 6.08 Å². The minimum Gasteiger partial charge on any atom is -0.450 e. The number of nitrogens with zero attached hydrogens (tertiary/aromatic N) is 5. The van der Waals surface area contributed by atoms with E-state index in [0.29, 0.717) is 26.1 Å². The molecule has 0 spiro atoms. The number of hydrogen-bond donors (Lipinski definition) is 1. The zero-order valence-corrected chi connectivity index (χ0v) is 19.4. The van der Waals surface area contributed by atoms with E-state index in [4.69, 9.17) is 4.42 Å². The fourth-order valence-corrected chi connectivity index (χ4v) is 4.85. The van der Waals surface area contributed by atoms with Crippen LogP contribution in [-0.4, -0.2) is 31.3 Å². The summed E-state index contributed by atoms with van der Waals surface area (Å²) in [6, 6.07) is 19.3. The molecule has 1 N–H and O–H groups in total. The third-order valence-electron chi connectivity index (χ3n) is 4.60. The number of amides is 1. The van der Waals surface area contributed by atoms with E-state index in [-0.39, 0.29) is 5.91 Å². The fraction of sp³-hybridized carbons (Fsp3) is 0.0870. The number of carbonyl (C=O) groups is 1. The minimum atomic E-state index is -0.207. The molecular weight excluding hydrogens is 456 g/mol. The molecule has 0 unspecified atom stereocenters. The molecule has 0 saturated carbocycles. The Hall–Kier alpha value is -3.63. The molecule has 164 valence electrons. The van der Waals surface area contributed by atoms with Crippen molar-refractivity contribution in [1.82, 2.24) is 25.5 Å². The molecule has 5 rings (SSSR count). The van der Waals surface area contributed by atoms with Gasteiger partial charge in [0.05, 0.1) is 16.3 Å². The van der Waals surface area contributed by atoms with E-state index in [1.54, 1.807) is 16.8 Å². The van der Waals surface area contributed by atoms with Gasteiger partial charge >= 0.3 is 0 Å². The standard InChI is InChI=1S/C23H18N6O2S2/c1-14-10-15(2)12-16(11-14)24-22-25-21(30)19(32-22)13-18-8-9-20(31-18)33-23-26-27-28-29(23)17-6-4-3-5-7-17/h3-13H,1-2H3,(H,24,25,30)/b19-13-. The summed E-state index contributed by atoms with van der Waals surface area (Å²) < 4.78 is 7.53. The van der Waals surface area contributed by atoms with Crippen molar-refractivity contribution < 1.29 is 9.21 Å². The van der Waals surface area contributed by atoms with Crippen LogP contribution in [0.25, 0.3) is 11.8 Å². The Morgan fingerprint density at radius 1 is 1.09 bits per heavy atom. The number of aromatic nitrogens is 4. The average Bonchev–Trinajstić information content (AvgIpc) is 3.50. The maximum Gasteiger partial charge on any atom is 0.264 e. The first kappa shape index (κ1) is 21.2. The molecule has 0 atom stereocenters. The van der Waals surface area contributed by atoms with Crippen molar-refractivity contribution in [2.75, 3.05) is 0 Å². The van der Waals surface area contributed by atoms with Gasteiger partial charge < -0.3 is 9.73 Å². The Balaban J connectivity index is 1.32. The van der Waals surface area contributed by atoms with Crippen LogP contribution in [0.2, 0.25) is 0 Å². The number of aryl methyl sites for hydroxylation is 2. The van der Waals surface area contributed by atoms with Gasteiger partial charge in [-0.2, -0.15) is 4.68 Å². The third-order valence-corrected chi connectivity index (χ3v) is 6.36. The summed E-state index contributed by atoms with van der Waals surface area (Å²) in [6.07, 6.45) is 1.70. The molecule has 1 saturated heterocycles. The van der Waals surface area contributed by atoms with Crippen molar-refractivity contribution in [3.63, 3.8) is 0 Å². The highest BCUT2D eigenvalue weighted by Crippen LogP contribution is 2.32. The number of nitrogens with one attached hydrogen (secondary N) is 1. The van der Waals surface area contributed by atoms with Crippen molar-refractivity contribution >= 4 is 46.4 Å². The largest absolute Gasteiger partial charge is 0.450 e. The normalized spacial score (nSPS) is 16.0. The Kier molecular flexibility index (Phi) is 5.84. The molecule has 0 radical (unpaired) electrons. The SMILES string of the molecule is Cc1cc(C)cc(N=C2NC(=O)/C(=C/c3ccc(Sc4nnnn4-c4ccccc4)o3)S2)c1. The molecule has 1 aliphatic heterocycles. The van der Waals surface area contributed by atoms with Crippen LogP contribution in [0.3, 0.4) is 0 Å². The maximum atomic E-state index is 12.4. The first-order chi connectivity index (χ1) is 16.0. The van der Waals surface area contributed by atoms with Crippen molar-refractivity contribution in [1.29, 1.82) is 0 Å². The molecule has 0 bridgehead atoms. The molecule has 0 aliphatic carbocycles. The van der Waals surface area contributed by atoms with E-state index in [1.165, 1.54) is 23.5 Å². The van der Waals surface area contributed by atoms with E-state index in [0.717, 1.165) is 22.5 Å². The van der Waals surface area contributed by atoms with Crippen LogP contribution >= 0.6 is 23.5 Å². The number of furan rings is 1. The maximum absolute atomic E-state index is 12.4. The number of thioether (sulfide) groups is 1. The summed E-state index contributed by atoms with van der Waals surface area (Å²) >= 11 is 2.58. The lowest BCUT2D eigenvalue weighted by atomic mass is 10.1. The van der Waals surface area contributed by atoms with Crippen LogP contribution in [0, 0.1) is 13.8 Å². The molecular formula is C23H18N6O2S2. The monoisotopic (exact) mass is 474 g/mol. The van der Waals surface area contributed by atoms with Crippen molar-refractivity contribution in [2.45, 2.75) is 24.1 Å². The van der Waals surface area contributed by atoms with Crippen molar-refractivity contribution in [2.24, 2.45) is 4.99 Å². The summed E-state index contributed by atoms with van der Waals surface area (Å²) in [4.78, 5) is 17.5. The Morgan fingerprint density at radius 2 is 1.88 bits per heavy atom. The lowest BCUT2D eigenvalue weighted by molar-refractivity contribution is -0.115. The van der Waals surface area contributed by atoms with Crippen LogP contribution in [0.1, 0.15) is 16.9 Å². The third kappa shape index (κ3) is 4.91. The van der Waals surface area contributed by atoms with Gasteiger partial charge in [-0.3, -0.25) is 4.79 Å². The summed E-state index contributed by atoms with van der Waals surface area (Å²) in [7, 11) is 0. The second-order valence-electron chi connectivity index (χ2n) is 7.30. The number of hydrogen-bond acceptors (Lipinski definition) is 8. The molecule has 4 aromatic rings. The van der Waals surface area contributed by atoms with Crippen LogP contribution < -0.4 is 5.32 Å². The van der Waals surface area contributed by atoms with Crippen molar-refractivity contribution in [3.05, 3.63) is 82.5 Å². The summed E-state index contributed by atoms with van der Waals surface area (Å²) in [6.45, 7) is 4.04. The van der Waals surface area contributed by atoms with Gasteiger partial charge in [-0.15, -0.1) is 5.10 Å². The molecule has 1 fully saturated rings. The predicted molar refractivity (Wildman–Crippen MR) is 129 cm³/mol.